The number of hydrogen-bond donors (Lipinski definition) is 1. The van der Waals surface area contributed by atoms with Crippen molar-refractivity contribution < 1.29 is 18.1 Å². The summed E-state index contributed by atoms with van der Waals surface area (Å²) in [5.41, 5.74) is 14.2. The Bertz CT molecular complexity index is 377. The molecule has 14 heavy (non-hydrogen) atoms. The zero-order valence-corrected chi connectivity index (χ0v) is 7.50. The van der Waals surface area contributed by atoms with Crippen LogP contribution in [-0.2, 0) is 11.2 Å². The minimum absolute atomic E-state index is 0. The molecule has 0 fully saturated rings. The second-order valence-corrected chi connectivity index (χ2v) is 2.81. The lowest BCUT2D eigenvalue weighted by Gasteiger charge is -2.05. The molecule has 0 unspecified atom stereocenters. The number of nitrogens with zero attached hydrogens (tertiary/aromatic N) is 3. The fourth-order valence-electron chi connectivity index (χ4n) is 1.10. The third-order valence-electron chi connectivity index (χ3n) is 1.79. The van der Waals surface area contributed by atoms with Crippen molar-refractivity contribution in [3.8, 4) is 0 Å². The predicted octanol–water partition coefficient (Wildman–Crippen LogP) is 2.62. The number of rotatable bonds is 4. The van der Waals surface area contributed by atoms with E-state index < -0.39 is 11.9 Å². The minimum Gasteiger partial charge on any atom is -0.369 e. The van der Waals surface area contributed by atoms with Gasteiger partial charge in [0.15, 0.2) is 0 Å². The van der Waals surface area contributed by atoms with Crippen molar-refractivity contribution in [2.24, 2.45) is 10.8 Å². The van der Waals surface area contributed by atoms with Crippen molar-refractivity contribution in [1.82, 2.24) is 0 Å². The highest BCUT2D eigenvalue weighted by atomic mass is 16.1. The molecule has 2 N–H and O–H groups in total. The average molecular weight is 209 g/mol. The maximum absolute atomic E-state index is 10.9. The maximum Gasteiger partial charge on any atom is 0.226 e. The summed E-state index contributed by atoms with van der Waals surface area (Å²) in [4.78, 5) is 13.4. The van der Waals surface area contributed by atoms with Crippen molar-refractivity contribution in [2.45, 2.75) is 12.5 Å². The van der Waals surface area contributed by atoms with Crippen molar-refractivity contribution in [1.29, 1.82) is 0 Å². The summed E-state index contributed by atoms with van der Waals surface area (Å²) in [5.74, 6) is -0.605. The van der Waals surface area contributed by atoms with E-state index >= 15 is 0 Å². The molecule has 1 rings (SSSR count). The van der Waals surface area contributed by atoms with Crippen molar-refractivity contribution >= 4 is 5.91 Å². The van der Waals surface area contributed by atoms with Crippen LogP contribution in [0.25, 0.3) is 10.4 Å². The van der Waals surface area contributed by atoms with Crippen LogP contribution >= 0.6 is 0 Å². The van der Waals surface area contributed by atoms with E-state index in [1.807, 2.05) is 30.3 Å². The molecule has 0 heterocycles. The molecular weight excluding hydrogens is 180 g/mol. The van der Waals surface area contributed by atoms with E-state index in [0.717, 1.165) is 5.56 Å². The van der Waals surface area contributed by atoms with E-state index in [1.54, 1.807) is 0 Å². The third kappa shape index (κ3) is 2.80. The van der Waals surface area contributed by atoms with Gasteiger partial charge in [-0.1, -0.05) is 35.4 Å². The van der Waals surface area contributed by atoms with Crippen LogP contribution in [0.4, 0.5) is 0 Å². The molecule has 82 valence electrons. The Balaban J connectivity index is -0.000000105. The van der Waals surface area contributed by atoms with Crippen LogP contribution in [0.5, 0.6) is 0 Å². The molecular formula is C9H20N4O. The molecule has 1 amide bonds. The molecule has 0 aliphatic carbocycles. The predicted molar refractivity (Wildman–Crippen MR) is 62.8 cm³/mol. The number of benzene rings is 1. The van der Waals surface area contributed by atoms with E-state index in [4.69, 9.17) is 23.1 Å². The second kappa shape index (κ2) is 4.89. The average Bonchev–Trinajstić information content (AvgIpc) is 2.62. The molecule has 5 heteroatoms. The SMILES string of the molecule is [2HH].[2H][2H].[2H][2H].[2H][2H].[2H][2H].[N-]=[N+]=N[C@@H](Cc1ccccc1)C(N)=O. The number of hydrogen-bond acceptors (Lipinski definition) is 2. The Morgan fingerprint density at radius 1 is 1.64 bits per heavy atom. The summed E-state index contributed by atoms with van der Waals surface area (Å²) >= 11 is 0. The summed E-state index contributed by atoms with van der Waals surface area (Å²) in [6.45, 7) is 0. The standard InChI is InChI=1S/C9H10N4O.5H2/c10-9(14)8(12-13-11)6-7-4-2-1-3-5-7;;;;;/h1-5,8H,6H2,(H2,10,14);5*1H/t8-;;;;;/m0...../s1/i;4*1+1D;1+1. The smallest absolute Gasteiger partial charge is 0.226 e. The quantitative estimate of drug-likeness (QED) is 0.461. The zero-order chi connectivity index (χ0) is 18.4. The molecule has 0 bridgehead atoms. The molecule has 0 saturated carbocycles. The second-order valence-electron chi connectivity index (χ2n) is 2.81. The van der Waals surface area contributed by atoms with Gasteiger partial charge in [-0.25, -0.2) is 0 Å². The van der Waals surface area contributed by atoms with Gasteiger partial charge in [-0.05, 0) is 17.5 Å². The molecule has 0 radical (unpaired) electrons. The summed E-state index contributed by atoms with van der Waals surface area (Å²) < 4.78 is 40.0. The monoisotopic (exact) mass is 209 g/mol. The van der Waals surface area contributed by atoms with Gasteiger partial charge in [-0.3, -0.25) is 4.79 Å². The van der Waals surface area contributed by atoms with Crippen LogP contribution in [0.2, 0.25) is 0 Å². The molecule has 0 saturated heterocycles. The van der Waals surface area contributed by atoms with Gasteiger partial charge in [0, 0.05) is 18.2 Å². The largest absolute Gasteiger partial charge is 0.369 e. The molecule has 1 aromatic carbocycles. The number of primary amides is 1. The van der Waals surface area contributed by atoms with Gasteiger partial charge in [0.25, 0.3) is 0 Å². The minimum atomic E-state index is -0.803. The van der Waals surface area contributed by atoms with Gasteiger partial charge in [0.1, 0.15) is 6.04 Å². The van der Waals surface area contributed by atoms with Crippen LogP contribution < -0.4 is 5.73 Å². The van der Waals surface area contributed by atoms with Crippen LogP contribution in [0, 0.1) is 0 Å². The van der Waals surface area contributed by atoms with E-state index in [9.17, 15) is 4.79 Å². The lowest BCUT2D eigenvalue weighted by atomic mass is 10.1. The first-order chi connectivity index (χ1) is 10.7. The number of azide groups is 1. The summed E-state index contributed by atoms with van der Waals surface area (Å²) in [6, 6.07) is 8.47. The molecule has 0 aromatic heterocycles. The topological polar surface area (TPSA) is 91.8 Å². The van der Waals surface area contributed by atoms with Gasteiger partial charge in [-0.2, -0.15) is 0 Å². The first kappa shape index (κ1) is 5.67. The third-order valence-corrected chi connectivity index (χ3v) is 1.79. The van der Waals surface area contributed by atoms with Crippen LogP contribution in [0.15, 0.2) is 35.4 Å². The van der Waals surface area contributed by atoms with Gasteiger partial charge >= 0.3 is 0 Å². The van der Waals surface area contributed by atoms with E-state index in [0.29, 0.717) is 6.42 Å². The van der Waals surface area contributed by atoms with Gasteiger partial charge < -0.3 is 5.73 Å². The highest BCUT2D eigenvalue weighted by Gasteiger charge is 2.13. The Morgan fingerprint density at radius 3 is 2.79 bits per heavy atom. The van der Waals surface area contributed by atoms with Crippen molar-refractivity contribution in [2.75, 3.05) is 0 Å². The molecule has 0 spiro atoms. The van der Waals surface area contributed by atoms with Gasteiger partial charge in [0.2, 0.25) is 5.91 Å². The van der Waals surface area contributed by atoms with Crippen molar-refractivity contribution in [3.63, 3.8) is 0 Å². The number of carbonyl (C=O) groups excluding carboxylic acids is 1. The van der Waals surface area contributed by atoms with E-state index in [-0.39, 0.29) is 1.43 Å². The number of nitrogens with two attached hydrogens (primary N) is 1. The highest BCUT2D eigenvalue weighted by Crippen LogP contribution is 2.05. The normalized spacial score (nSPS) is 13.7. The van der Waals surface area contributed by atoms with E-state index in [2.05, 4.69) is 10.0 Å². The summed E-state index contributed by atoms with van der Waals surface area (Å²) in [6.07, 6.45) is 0.347. The first-order valence-corrected chi connectivity index (χ1v) is 4.11. The zero-order valence-electron chi connectivity index (χ0n) is 15.5. The number of amides is 1. The fraction of sp³-hybridized carbons (Fsp3) is 0.222. The van der Waals surface area contributed by atoms with Gasteiger partial charge in [-0.15, -0.1) is 0 Å². The summed E-state index contributed by atoms with van der Waals surface area (Å²) in [7, 11) is 0. The Labute approximate surface area is 95.0 Å². The van der Waals surface area contributed by atoms with Crippen LogP contribution in [0.3, 0.4) is 0 Å². The molecule has 0 aliphatic rings. The Kier molecular flexibility index (Phi) is 1.98. The highest BCUT2D eigenvalue weighted by molar-refractivity contribution is 5.80. The first-order valence-electron chi connectivity index (χ1n) is 8.11. The number of carbonyl (C=O) groups is 1. The van der Waals surface area contributed by atoms with E-state index in [1.165, 1.54) is 0 Å². The lowest BCUT2D eigenvalue weighted by Crippen LogP contribution is -2.28. The fourth-order valence-corrected chi connectivity index (χ4v) is 1.10. The molecule has 1 aromatic rings. The molecule has 1 atom stereocenters. The molecule has 0 aliphatic heterocycles. The van der Waals surface area contributed by atoms with Crippen molar-refractivity contribution in [3.05, 3.63) is 46.3 Å². The lowest BCUT2D eigenvalue weighted by molar-refractivity contribution is -0.119. The Hall–Kier alpha value is -2.00. The van der Waals surface area contributed by atoms with Crippen LogP contribution in [0.1, 0.15) is 18.9 Å². The van der Waals surface area contributed by atoms with Crippen LogP contribution in [-0.4, -0.2) is 11.9 Å². The van der Waals surface area contributed by atoms with Gasteiger partial charge in [0.05, 0.1) is 0 Å². The summed E-state index contributed by atoms with van der Waals surface area (Å²) in [5, 5.41) is 3.32. The maximum atomic E-state index is 10.9. The molecule has 5 nitrogen and oxygen atoms in total. The Morgan fingerprint density at radius 2 is 2.29 bits per heavy atom.